The van der Waals surface area contributed by atoms with Crippen LogP contribution < -0.4 is 15.4 Å². The van der Waals surface area contributed by atoms with E-state index in [1.54, 1.807) is 0 Å². The minimum Gasteiger partial charge on any atom is -0.394 e. The van der Waals surface area contributed by atoms with E-state index in [0.29, 0.717) is 19.3 Å². The molecular weight excluding hydrogens is 425 g/mol. The molecule has 0 aromatic heterocycles. The molecule has 31 heavy (non-hydrogen) atoms. The predicted octanol–water partition coefficient (Wildman–Crippen LogP) is 2.03. The Morgan fingerprint density at radius 3 is 2.45 bits per heavy atom. The third-order valence-electron chi connectivity index (χ3n) is 5.93. The minimum atomic E-state index is -3.72. The van der Waals surface area contributed by atoms with Gasteiger partial charge in [0.15, 0.2) is 0 Å². The van der Waals surface area contributed by atoms with E-state index in [-0.39, 0.29) is 42.3 Å². The summed E-state index contributed by atoms with van der Waals surface area (Å²) in [6.07, 6.45) is 6.40. The lowest BCUT2D eigenvalue weighted by Crippen LogP contribution is -2.55. The summed E-state index contributed by atoms with van der Waals surface area (Å²) in [5, 5.41) is 15.6. The van der Waals surface area contributed by atoms with Gasteiger partial charge in [0.25, 0.3) is 0 Å². The van der Waals surface area contributed by atoms with Gasteiger partial charge in [-0.15, -0.1) is 0 Å². The van der Waals surface area contributed by atoms with Crippen molar-refractivity contribution in [1.29, 1.82) is 0 Å². The number of halogens is 1. The highest BCUT2D eigenvalue weighted by Gasteiger charge is 2.32. The molecule has 3 rings (SSSR count). The Labute approximate surface area is 183 Å². The Bertz CT molecular complexity index is 815. The lowest BCUT2D eigenvalue weighted by atomic mass is 9.95. The zero-order valence-corrected chi connectivity index (χ0v) is 18.4. The van der Waals surface area contributed by atoms with E-state index in [0.717, 1.165) is 37.8 Å². The van der Waals surface area contributed by atoms with Crippen LogP contribution in [0.4, 0.5) is 9.18 Å². The van der Waals surface area contributed by atoms with Gasteiger partial charge in [-0.2, -0.15) is 0 Å². The number of urea groups is 1. The summed E-state index contributed by atoms with van der Waals surface area (Å²) in [7, 11) is -3.72. The third-order valence-corrected chi connectivity index (χ3v) is 7.41. The summed E-state index contributed by atoms with van der Waals surface area (Å²) >= 11 is 0. The van der Waals surface area contributed by atoms with Gasteiger partial charge < -0.3 is 20.5 Å². The fourth-order valence-corrected chi connectivity index (χ4v) is 5.25. The molecule has 2 aliphatic rings. The van der Waals surface area contributed by atoms with E-state index in [9.17, 15) is 22.7 Å². The predicted molar refractivity (Wildman–Crippen MR) is 114 cm³/mol. The molecule has 1 saturated heterocycles. The number of hydrogen-bond donors (Lipinski definition) is 4. The Hall–Kier alpha value is -1.75. The van der Waals surface area contributed by atoms with Crippen LogP contribution >= 0.6 is 0 Å². The van der Waals surface area contributed by atoms with Crippen molar-refractivity contribution in [1.82, 2.24) is 15.4 Å². The molecule has 2 fully saturated rings. The van der Waals surface area contributed by atoms with Crippen molar-refractivity contribution in [3.05, 3.63) is 30.1 Å². The summed E-state index contributed by atoms with van der Waals surface area (Å²) < 4.78 is 45.9. The zero-order chi connectivity index (χ0) is 22.3. The molecule has 4 N–H and O–H groups in total. The Morgan fingerprint density at radius 1 is 1.06 bits per heavy atom. The second-order valence-electron chi connectivity index (χ2n) is 8.26. The van der Waals surface area contributed by atoms with Crippen LogP contribution in [0.2, 0.25) is 0 Å². The number of aliphatic hydroxyl groups is 1. The number of carbonyl (C=O) groups is 1. The number of hydrogen-bond acceptors (Lipinski definition) is 5. The first-order chi connectivity index (χ1) is 14.9. The molecule has 0 unspecified atom stereocenters. The van der Waals surface area contributed by atoms with Crippen LogP contribution in [0, 0.1) is 5.82 Å². The van der Waals surface area contributed by atoms with Gasteiger partial charge in [-0.25, -0.2) is 22.3 Å². The van der Waals surface area contributed by atoms with Crippen LogP contribution in [-0.4, -0.2) is 57.0 Å². The molecule has 1 aromatic rings. The van der Waals surface area contributed by atoms with Gasteiger partial charge in [0, 0.05) is 12.6 Å². The minimum absolute atomic E-state index is 0.0000560. The molecule has 0 bridgehead atoms. The largest absolute Gasteiger partial charge is 0.394 e. The fraction of sp³-hybridized carbons (Fsp3) is 0.667. The molecule has 2 amide bonds. The SMILES string of the molecule is O=C(NC1CCCCC1)N[C@H]1CC[C@H](CCNS(=O)(=O)c2ccc(F)cc2)O[C@H]1CO. The van der Waals surface area contributed by atoms with Crippen molar-refractivity contribution in [2.45, 2.75) is 80.6 Å². The molecule has 1 aliphatic heterocycles. The van der Waals surface area contributed by atoms with E-state index < -0.39 is 21.9 Å². The van der Waals surface area contributed by atoms with Crippen molar-refractivity contribution >= 4 is 16.1 Å². The number of nitrogens with one attached hydrogen (secondary N) is 3. The highest BCUT2D eigenvalue weighted by atomic mass is 32.2. The average molecular weight is 458 g/mol. The summed E-state index contributed by atoms with van der Waals surface area (Å²) in [5.41, 5.74) is 0. The monoisotopic (exact) mass is 457 g/mol. The van der Waals surface area contributed by atoms with E-state index in [1.165, 1.54) is 18.6 Å². The number of aliphatic hydroxyl groups excluding tert-OH is 1. The molecule has 1 heterocycles. The molecule has 1 aliphatic carbocycles. The molecule has 174 valence electrons. The van der Waals surface area contributed by atoms with Gasteiger partial charge in [-0.05, 0) is 56.4 Å². The van der Waals surface area contributed by atoms with Gasteiger partial charge in [-0.3, -0.25) is 0 Å². The Morgan fingerprint density at radius 2 is 1.77 bits per heavy atom. The number of amides is 2. The van der Waals surface area contributed by atoms with E-state index in [2.05, 4.69) is 15.4 Å². The normalized spacial score (nSPS) is 25.2. The lowest BCUT2D eigenvalue weighted by molar-refractivity contribution is -0.0887. The second kappa shape index (κ2) is 11.2. The Kier molecular flexibility index (Phi) is 8.65. The maximum absolute atomic E-state index is 13.0. The van der Waals surface area contributed by atoms with Crippen molar-refractivity contribution < 1.29 is 27.4 Å². The van der Waals surface area contributed by atoms with Crippen LogP contribution in [0.3, 0.4) is 0 Å². The maximum Gasteiger partial charge on any atom is 0.315 e. The fourth-order valence-electron chi connectivity index (χ4n) is 4.20. The lowest BCUT2D eigenvalue weighted by Gasteiger charge is -2.36. The summed E-state index contributed by atoms with van der Waals surface area (Å²) in [4.78, 5) is 12.3. The van der Waals surface area contributed by atoms with Gasteiger partial charge in [0.2, 0.25) is 10.0 Å². The van der Waals surface area contributed by atoms with Crippen LogP contribution in [0.1, 0.15) is 51.4 Å². The maximum atomic E-state index is 13.0. The van der Waals surface area contributed by atoms with Crippen LogP contribution in [0.25, 0.3) is 0 Å². The van der Waals surface area contributed by atoms with Crippen molar-refractivity contribution in [2.75, 3.05) is 13.2 Å². The van der Waals surface area contributed by atoms with E-state index in [1.807, 2.05) is 0 Å². The summed E-state index contributed by atoms with van der Waals surface area (Å²) in [6, 6.07) is 4.30. The third kappa shape index (κ3) is 7.13. The first-order valence-electron chi connectivity index (χ1n) is 11.0. The molecule has 1 saturated carbocycles. The molecular formula is C21H32FN3O5S. The summed E-state index contributed by atoms with van der Waals surface area (Å²) in [6.45, 7) is -0.0744. The van der Waals surface area contributed by atoms with Crippen molar-refractivity contribution in [3.63, 3.8) is 0 Å². The van der Waals surface area contributed by atoms with Gasteiger partial charge in [-0.1, -0.05) is 19.3 Å². The first kappa shape index (κ1) is 23.9. The summed E-state index contributed by atoms with van der Waals surface area (Å²) in [5.74, 6) is -0.500. The zero-order valence-electron chi connectivity index (χ0n) is 17.6. The van der Waals surface area contributed by atoms with E-state index >= 15 is 0 Å². The van der Waals surface area contributed by atoms with Crippen LogP contribution in [-0.2, 0) is 14.8 Å². The second-order valence-corrected chi connectivity index (χ2v) is 10.0. The van der Waals surface area contributed by atoms with Crippen molar-refractivity contribution in [3.8, 4) is 0 Å². The number of ether oxygens (including phenoxy) is 1. The molecule has 8 nitrogen and oxygen atoms in total. The smallest absolute Gasteiger partial charge is 0.315 e. The number of sulfonamides is 1. The number of rotatable bonds is 8. The highest BCUT2D eigenvalue weighted by molar-refractivity contribution is 7.89. The topological polar surface area (TPSA) is 117 Å². The van der Waals surface area contributed by atoms with E-state index in [4.69, 9.17) is 4.74 Å². The number of benzene rings is 1. The average Bonchev–Trinajstić information content (AvgIpc) is 2.75. The molecule has 3 atom stereocenters. The standard InChI is InChI=1S/C21H32FN3O5S/c22-15-6-9-18(10-7-15)31(28,29)23-13-12-17-8-11-19(20(14-26)30-17)25-21(27)24-16-4-2-1-3-5-16/h6-7,9-10,16-17,19-20,23,26H,1-5,8,11-14H2,(H2,24,25,27)/t17-,19+,20+/m1/s1. The Balaban J connectivity index is 1.42. The van der Waals surface area contributed by atoms with Crippen LogP contribution in [0.15, 0.2) is 29.2 Å². The molecule has 0 radical (unpaired) electrons. The van der Waals surface area contributed by atoms with Gasteiger partial charge in [0.05, 0.1) is 23.6 Å². The van der Waals surface area contributed by atoms with Crippen molar-refractivity contribution in [2.24, 2.45) is 0 Å². The highest BCUT2D eigenvalue weighted by Crippen LogP contribution is 2.22. The quantitative estimate of drug-likeness (QED) is 0.477. The molecule has 0 spiro atoms. The first-order valence-corrected chi connectivity index (χ1v) is 12.4. The van der Waals surface area contributed by atoms with Crippen LogP contribution in [0.5, 0.6) is 0 Å². The van der Waals surface area contributed by atoms with Gasteiger partial charge in [0.1, 0.15) is 11.9 Å². The number of carbonyl (C=O) groups excluding carboxylic acids is 1. The molecule has 10 heteroatoms. The molecule has 1 aromatic carbocycles. The van der Waals surface area contributed by atoms with Gasteiger partial charge >= 0.3 is 6.03 Å².